The van der Waals surface area contributed by atoms with Gasteiger partial charge in [-0.1, -0.05) is 23.7 Å². The van der Waals surface area contributed by atoms with Gasteiger partial charge < -0.3 is 10.2 Å². The topological polar surface area (TPSA) is 67.2 Å². The van der Waals surface area contributed by atoms with Gasteiger partial charge in [0.05, 0.1) is 18.3 Å². The lowest BCUT2D eigenvalue weighted by Crippen LogP contribution is -2.42. The van der Waals surface area contributed by atoms with Crippen molar-refractivity contribution in [2.24, 2.45) is 7.05 Å². The molecule has 1 aromatic carbocycles. The maximum absolute atomic E-state index is 12.4. The molecule has 1 atom stereocenters. The monoisotopic (exact) mass is 332 g/mol. The van der Waals surface area contributed by atoms with E-state index in [4.69, 9.17) is 11.6 Å². The highest BCUT2D eigenvalue weighted by Crippen LogP contribution is 2.20. The number of aryl methyl sites for hydroxylation is 1. The Morgan fingerprint density at radius 2 is 2.30 bits per heavy atom. The van der Waals surface area contributed by atoms with Crippen LogP contribution in [0.4, 0.5) is 5.69 Å². The fourth-order valence-electron chi connectivity index (χ4n) is 2.70. The van der Waals surface area contributed by atoms with Crippen molar-refractivity contribution in [1.82, 2.24) is 15.1 Å². The zero-order valence-electron chi connectivity index (χ0n) is 12.7. The highest BCUT2D eigenvalue weighted by Gasteiger charge is 2.34. The van der Waals surface area contributed by atoms with Gasteiger partial charge in [-0.25, -0.2) is 0 Å². The molecular formula is C16H17ClN4O2. The molecule has 2 heterocycles. The number of anilines is 1. The van der Waals surface area contributed by atoms with E-state index in [1.165, 1.54) is 0 Å². The Morgan fingerprint density at radius 1 is 1.48 bits per heavy atom. The van der Waals surface area contributed by atoms with Crippen molar-refractivity contribution in [1.29, 1.82) is 0 Å². The number of aromatic nitrogens is 2. The first-order valence-corrected chi connectivity index (χ1v) is 7.74. The van der Waals surface area contributed by atoms with Gasteiger partial charge in [0.25, 0.3) is 0 Å². The molecule has 23 heavy (non-hydrogen) atoms. The Kier molecular flexibility index (Phi) is 4.34. The van der Waals surface area contributed by atoms with Crippen molar-refractivity contribution in [2.75, 3.05) is 11.4 Å². The fourth-order valence-corrected chi connectivity index (χ4v) is 2.91. The third-order valence-corrected chi connectivity index (χ3v) is 4.03. The van der Waals surface area contributed by atoms with Gasteiger partial charge >= 0.3 is 0 Å². The second kappa shape index (κ2) is 6.42. The molecule has 3 rings (SSSR count). The summed E-state index contributed by atoms with van der Waals surface area (Å²) in [5, 5.41) is 7.46. The van der Waals surface area contributed by atoms with E-state index >= 15 is 0 Å². The van der Waals surface area contributed by atoms with Gasteiger partial charge in [0, 0.05) is 24.8 Å². The molecule has 1 fully saturated rings. The van der Waals surface area contributed by atoms with Crippen LogP contribution < -0.4 is 10.2 Å². The summed E-state index contributed by atoms with van der Waals surface area (Å²) in [6.07, 6.45) is 4.23. The van der Waals surface area contributed by atoms with E-state index in [0.29, 0.717) is 18.0 Å². The molecule has 2 amide bonds. The number of rotatable bonds is 4. The number of nitrogens with zero attached hydrogens (tertiary/aromatic N) is 3. The Bertz CT molecular complexity index is 743. The molecule has 120 valence electrons. The summed E-state index contributed by atoms with van der Waals surface area (Å²) < 4.78 is 1.65. The fraction of sp³-hybridized carbons (Fsp3) is 0.312. The number of halogens is 1. The third-order valence-electron chi connectivity index (χ3n) is 3.80. The van der Waals surface area contributed by atoms with Gasteiger partial charge in [0.1, 0.15) is 6.04 Å². The van der Waals surface area contributed by atoms with Gasteiger partial charge in [0.15, 0.2) is 0 Å². The highest BCUT2D eigenvalue weighted by molar-refractivity contribution is 6.30. The molecule has 7 heteroatoms. The quantitative estimate of drug-likeness (QED) is 0.923. The summed E-state index contributed by atoms with van der Waals surface area (Å²) in [4.78, 5) is 26.2. The Labute approximate surface area is 139 Å². The van der Waals surface area contributed by atoms with Crippen LogP contribution in [-0.4, -0.2) is 34.2 Å². The molecule has 0 unspecified atom stereocenters. The molecular weight excluding hydrogens is 316 g/mol. The summed E-state index contributed by atoms with van der Waals surface area (Å²) in [6, 6.07) is 6.66. The zero-order chi connectivity index (χ0) is 16.4. The number of carbonyl (C=O) groups is 2. The lowest BCUT2D eigenvalue weighted by Gasteiger charge is -2.15. The van der Waals surface area contributed by atoms with E-state index in [2.05, 4.69) is 10.4 Å². The molecule has 1 saturated heterocycles. The molecule has 1 aromatic heterocycles. The number of nitrogens with one attached hydrogen (secondary N) is 1. The van der Waals surface area contributed by atoms with Gasteiger partial charge in [0.2, 0.25) is 11.8 Å². The number of hydrogen-bond donors (Lipinski definition) is 1. The molecule has 0 aliphatic carbocycles. The van der Waals surface area contributed by atoms with Gasteiger partial charge in [-0.2, -0.15) is 5.10 Å². The largest absolute Gasteiger partial charge is 0.344 e. The Balaban J connectivity index is 1.60. The van der Waals surface area contributed by atoms with Crippen LogP contribution in [0.5, 0.6) is 0 Å². The smallest absolute Gasteiger partial charge is 0.249 e. The first kappa shape index (κ1) is 15.6. The average molecular weight is 333 g/mol. The third kappa shape index (κ3) is 3.53. The van der Waals surface area contributed by atoms with Crippen LogP contribution in [0.3, 0.4) is 0 Å². The maximum atomic E-state index is 12.4. The van der Waals surface area contributed by atoms with E-state index in [9.17, 15) is 9.59 Å². The minimum Gasteiger partial charge on any atom is -0.344 e. The van der Waals surface area contributed by atoms with Gasteiger partial charge in [-0.05, 0) is 24.1 Å². The van der Waals surface area contributed by atoms with Crippen molar-refractivity contribution < 1.29 is 9.59 Å². The maximum Gasteiger partial charge on any atom is 0.249 e. The van der Waals surface area contributed by atoms with E-state index in [-0.39, 0.29) is 18.2 Å². The number of benzene rings is 1. The standard InChI is InChI=1S/C16H17ClN4O2/c1-20-10-13(9-18-20)21-6-5-14(16(21)23)19-15(22)8-11-3-2-4-12(17)7-11/h2-4,7,9-10,14H,5-6,8H2,1H3,(H,19,22)/t14-/m1/s1. The van der Waals surface area contributed by atoms with Crippen molar-refractivity contribution in [3.05, 3.63) is 47.2 Å². The van der Waals surface area contributed by atoms with E-state index < -0.39 is 6.04 Å². The van der Waals surface area contributed by atoms with E-state index in [1.54, 1.807) is 47.2 Å². The van der Waals surface area contributed by atoms with Crippen LogP contribution in [-0.2, 0) is 23.1 Å². The molecule has 0 spiro atoms. The Morgan fingerprint density at radius 3 is 3.00 bits per heavy atom. The summed E-state index contributed by atoms with van der Waals surface area (Å²) >= 11 is 5.91. The van der Waals surface area contributed by atoms with Crippen molar-refractivity contribution in [3.63, 3.8) is 0 Å². The van der Waals surface area contributed by atoms with E-state index in [0.717, 1.165) is 11.3 Å². The van der Waals surface area contributed by atoms with Crippen molar-refractivity contribution >= 4 is 29.1 Å². The minimum atomic E-state index is -0.484. The molecule has 6 nitrogen and oxygen atoms in total. The van der Waals surface area contributed by atoms with Crippen LogP contribution in [0, 0.1) is 0 Å². The van der Waals surface area contributed by atoms with Crippen LogP contribution in [0.2, 0.25) is 5.02 Å². The van der Waals surface area contributed by atoms with Crippen molar-refractivity contribution in [2.45, 2.75) is 18.9 Å². The molecule has 1 aliphatic rings. The number of hydrogen-bond acceptors (Lipinski definition) is 3. The molecule has 0 saturated carbocycles. The van der Waals surface area contributed by atoms with Gasteiger partial charge in [-0.15, -0.1) is 0 Å². The predicted octanol–water partition coefficient (Wildman–Crippen LogP) is 1.54. The lowest BCUT2D eigenvalue weighted by atomic mass is 10.1. The molecule has 1 N–H and O–H groups in total. The average Bonchev–Trinajstić information content (AvgIpc) is 3.06. The van der Waals surface area contributed by atoms with Crippen molar-refractivity contribution in [3.8, 4) is 0 Å². The SMILES string of the molecule is Cn1cc(N2CC[C@@H](NC(=O)Cc3cccc(Cl)c3)C2=O)cn1. The van der Waals surface area contributed by atoms with Crippen LogP contribution >= 0.6 is 11.6 Å². The lowest BCUT2D eigenvalue weighted by molar-refractivity contribution is -0.126. The second-order valence-corrected chi connectivity index (χ2v) is 6.01. The van der Waals surface area contributed by atoms with Crippen LogP contribution in [0.1, 0.15) is 12.0 Å². The zero-order valence-corrected chi connectivity index (χ0v) is 13.5. The first-order chi connectivity index (χ1) is 11.0. The summed E-state index contributed by atoms with van der Waals surface area (Å²) in [6.45, 7) is 0.576. The molecule has 1 aliphatic heterocycles. The molecule has 0 bridgehead atoms. The predicted molar refractivity (Wildman–Crippen MR) is 87.3 cm³/mol. The van der Waals surface area contributed by atoms with Crippen LogP contribution in [0.15, 0.2) is 36.7 Å². The summed E-state index contributed by atoms with van der Waals surface area (Å²) in [7, 11) is 1.80. The Hall–Kier alpha value is -2.34. The normalized spacial score (nSPS) is 17.6. The molecule has 0 radical (unpaired) electrons. The number of amides is 2. The minimum absolute atomic E-state index is 0.0996. The highest BCUT2D eigenvalue weighted by atomic mass is 35.5. The summed E-state index contributed by atoms with van der Waals surface area (Å²) in [5.41, 5.74) is 1.58. The summed E-state index contributed by atoms with van der Waals surface area (Å²) in [5.74, 6) is -0.281. The molecule has 2 aromatic rings. The first-order valence-electron chi connectivity index (χ1n) is 7.37. The van der Waals surface area contributed by atoms with Crippen LogP contribution in [0.25, 0.3) is 0 Å². The van der Waals surface area contributed by atoms with E-state index in [1.807, 2.05) is 6.07 Å². The number of carbonyl (C=O) groups excluding carboxylic acids is 2. The second-order valence-electron chi connectivity index (χ2n) is 5.58. The van der Waals surface area contributed by atoms with Gasteiger partial charge in [-0.3, -0.25) is 14.3 Å².